The summed E-state index contributed by atoms with van der Waals surface area (Å²) in [6, 6.07) is 8.65. The first-order valence-corrected chi connectivity index (χ1v) is 7.53. The van der Waals surface area contributed by atoms with Crippen LogP contribution in [0.2, 0.25) is 0 Å². The molecule has 1 aromatic heterocycles. The quantitative estimate of drug-likeness (QED) is 0.579. The summed E-state index contributed by atoms with van der Waals surface area (Å²) >= 11 is 7.30. The largest absolute Gasteiger partial charge is 0.365 e. The van der Waals surface area contributed by atoms with Crippen LogP contribution in [0.25, 0.3) is 11.3 Å². The summed E-state index contributed by atoms with van der Waals surface area (Å²) in [5.41, 5.74) is 3.58. The van der Waals surface area contributed by atoms with Crippen molar-refractivity contribution in [1.82, 2.24) is 4.98 Å². The van der Waals surface area contributed by atoms with Gasteiger partial charge >= 0.3 is 0 Å². The van der Waals surface area contributed by atoms with Crippen molar-refractivity contribution in [2.24, 2.45) is 0 Å². The number of alkyl halides is 1. The van der Waals surface area contributed by atoms with E-state index in [0.717, 1.165) is 36.0 Å². The lowest BCUT2D eigenvalue weighted by atomic mass is 10.1. The molecule has 0 aliphatic heterocycles. The molecule has 1 N–H and O–H groups in total. The van der Waals surface area contributed by atoms with Crippen LogP contribution in [0.4, 0.5) is 5.13 Å². The lowest BCUT2D eigenvalue weighted by Crippen LogP contribution is -1.88. The molecular formula is C14H18BrClN2S. The summed E-state index contributed by atoms with van der Waals surface area (Å²) in [7, 11) is 1.89. The van der Waals surface area contributed by atoms with E-state index in [-0.39, 0.29) is 17.0 Å². The third-order valence-electron chi connectivity index (χ3n) is 2.82. The second-order valence-corrected chi connectivity index (χ2v) is 5.37. The van der Waals surface area contributed by atoms with Crippen molar-refractivity contribution in [2.45, 2.75) is 19.3 Å². The molecule has 19 heavy (non-hydrogen) atoms. The highest BCUT2D eigenvalue weighted by molar-refractivity contribution is 8.93. The molecule has 0 unspecified atom stereocenters. The van der Waals surface area contributed by atoms with Gasteiger partial charge in [0, 0.05) is 23.9 Å². The Hall–Kier alpha value is -0.580. The Balaban J connectivity index is 0.00000180. The average Bonchev–Trinajstić information content (AvgIpc) is 2.89. The second kappa shape index (κ2) is 8.56. The summed E-state index contributed by atoms with van der Waals surface area (Å²) < 4.78 is 0. The van der Waals surface area contributed by atoms with Gasteiger partial charge in [-0.2, -0.15) is 0 Å². The zero-order valence-electron chi connectivity index (χ0n) is 10.9. The fraction of sp³-hybridized carbons (Fsp3) is 0.357. The third-order valence-corrected chi connectivity index (χ3v) is 3.94. The lowest BCUT2D eigenvalue weighted by Gasteiger charge is -2.02. The van der Waals surface area contributed by atoms with Crippen LogP contribution in [0.5, 0.6) is 0 Å². The van der Waals surface area contributed by atoms with Gasteiger partial charge in [-0.05, 0) is 24.8 Å². The van der Waals surface area contributed by atoms with Crippen LogP contribution in [0, 0.1) is 0 Å². The fourth-order valence-corrected chi connectivity index (χ4v) is 2.66. The molecule has 5 heteroatoms. The molecule has 0 radical (unpaired) electrons. The van der Waals surface area contributed by atoms with Crippen LogP contribution in [0.1, 0.15) is 18.4 Å². The maximum absolute atomic E-state index is 5.68. The van der Waals surface area contributed by atoms with Crippen LogP contribution in [0.15, 0.2) is 29.6 Å². The summed E-state index contributed by atoms with van der Waals surface area (Å²) in [4.78, 5) is 4.49. The van der Waals surface area contributed by atoms with E-state index in [1.807, 2.05) is 7.05 Å². The van der Waals surface area contributed by atoms with Crippen molar-refractivity contribution in [2.75, 3.05) is 18.2 Å². The van der Waals surface area contributed by atoms with Crippen molar-refractivity contribution in [3.63, 3.8) is 0 Å². The first-order valence-electron chi connectivity index (χ1n) is 6.12. The number of halogens is 2. The standard InChI is InChI=1S/C14H17ClN2S.BrH/c1-16-14-17-13(10-18-14)12-7-5-11(6-8-12)4-2-3-9-15;/h5-8,10H,2-4,9H2,1H3,(H,16,17);1H. The van der Waals surface area contributed by atoms with Crippen LogP contribution < -0.4 is 5.32 Å². The molecule has 0 saturated carbocycles. The Morgan fingerprint density at radius 2 is 1.95 bits per heavy atom. The maximum Gasteiger partial charge on any atom is 0.182 e. The number of thiazole rings is 1. The van der Waals surface area contributed by atoms with E-state index in [2.05, 4.69) is 39.9 Å². The molecule has 104 valence electrons. The van der Waals surface area contributed by atoms with Crippen molar-refractivity contribution >= 4 is 45.1 Å². The molecule has 0 spiro atoms. The van der Waals surface area contributed by atoms with E-state index in [1.165, 1.54) is 11.1 Å². The molecule has 0 amide bonds. The number of nitrogens with zero attached hydrogens (tertiary/aromatic N) is 1. The van der Waals surface area contributed by atoms with Crippen molar-refractivity contribution in [3.8, 4) is 11.3 Å². The highest BCUT2D eigenvalue weighted by atomic mass is 79.9. The molecule has 0 aliphatic carbocycles. The van der Waals surface area contributed by atoms with Crippen molar-refractivity contribution in [3.05, 3.63) is 35.2 Å². The molecule has 1 heterocycles. The third kappa shape index (κ3) is 4.79. The highest BCUT2D eigenvalue weighted by Crippen LogP contribution is 2.24. The SMILES string of the molecule is Br.CNc1nc(-c2ccc(CCCCCl)cc2)cs1. The smallest absolute Gasteiger partial charge is 0.182 e. The van der Waals surface area contributed by atoms with E-state index < -0.39 is 0 Å². The van der Waals surface area contributed by atoms with E-state index in [4.69, 9.17) is 11.6 Å². The minimum absolute atomic E-state index is 0. The molecule has 0 aliphatic rings. The monoisotopic (exact) mass is 360 g/mol. The highest BCUT2D eigenvalue weighted by Gasteiger charge is 2.03. The molecule has 2 rings (SSSR count). The lowest BCUT2D eigenvalue weighted by molar-refractivity contribution is 0.800. The Kier molecular flexibility index (Phi) is 7.42. The summed E-state index contributed by atoms with van der Waals surface area (Å²) in [6.07, 6.45) is 3.34. The van der Waals surface area contributed by atoms with Gasteiger partial charge in [0.1, 0.15) is 0 Å². The van der Waals surface area contributed by atoms with Gasteiger partial charge in [-0.25, -0.2) is 4.98 Å². The van der Waals surface area contributed by atoms with Crippen LogP contribution in [-0.2, 0) is 6.42 Å². The van der Waals surface area contributed by atoms with E-state index in [9.17, 15) is 0 Å². The number of rotatable bonds is 6. The minimum atomic E-state index is 0. The first kappa shape index (κ1) is 16.5. The molecule has 1 aromatic carbocycles. The van der Waals surface area contributed by atoms with Gasteiger partial charge in [-0.15, -0.1) is 39.9 Å². The van der Waals surface area contributed by atoms with Gasteiger partial charge in [0.25, 0.3) is 0 Å². The number of benzene rings is 1. The molecule has 0 fully saturated rings. The Labute approximate surface area is 134 Å². The number of hydrogen-bond donors (Lipinski definition) is 1. The topological polar surface area (TPSA) is 24.9 Å². The number of hydrogen-bond acceptors (Lipinski definition) is 3. The molecule has 0 bridgehead atoms. The van der Waals surface area contributed by atoms with Gasteiger partial charge in [0.2, 0.25) is 0 Å². The van der Waals surface area contributed by atoms with Gasteiger partial charge in [0.15, 0.2) is 5.13 Å². The van der Waals surface area contributed by atoms with E-state index >= 15 is 0 Å². The summed E-state index contributed by atoms with van der Waals surface area (Å²) in [5.74, 6) is 0.754. The Morgan fingerprint density at radius 1 is 1.21 bits per heavy atom. The number of anilines is 1. The predicted octanol–water partition coefficient (Wildman–Crippen LogP) is 4.99. The van der Waals surface area contributed by atoms with E-state index in [1.54, 1.807) is 11.3 Å². The molecule has 0 atom stereocenters. The van der Waals surface area contributed by atoms with Gasteiger partial charge in [-0.3, -0.25) is 0 Å². The van der Waals surface area contributed by atoms with Crippen LogP contribution >= 0.6 is 39.9 Å². The zero-order chi connectivity index (χ0) is 12.8. The summed E-state index contributed by atoms with van der Waals surface area (Å²) in [5, 5.41) is 6.09. The second-order valence-electron chi connectivity index (χ2n) is 4.13. The first-order chi connectivity index (χ1) is 8.83. The van der Waals surface area contributed by atoms with Gasteiger partial charge < -0.3 is 5.32 Å². The normalized spacial score (nSPS) is 10.0. The Bertz CT molecular complexity index is 484. The van der Waals surface area contributed by atoms with Crippen LogP contribution in [0.3, 0.4) is 0 Å². The predicted molar refractivity (Wildman–Crippen MR) is 91.1 cm³/mol. The van der Waals surface area contributed by atoms with Crippen LogP contribution in [-0.4, -0.2) is 17.9 Å². The molecule has 0 saturated heterocycles. The molecular weight excluding hydrogens is 344 g/mol. The zero-order valence-corrected chi connectivity index (χ0v) is 14.1. The number of aromatic nitrogens is 1. The maximum atomic E-state index is 5.68. The van der Waals surface area contributed by atoms with E-state index in [0.29, 0.717) is 0 Å². The minimum Gasteiger partial charge on any atom is -0.365 e. The molecule has 2 aromatic rings. The number of unbranched alkanes of at least 4 members (excludes halogenated alkanes) is 1. The summed E-state index contributed by atoms with van der Waals surface area (Å²) in [6.45, 7) is 0. The van der Waals surface area contributed by atoms with Gasteiger partial charge in [-0.1, -0.05) is 24.3 Å². The Morgan fingerprint density at radius 3 is 2.53 bits per heavy atom. The average molecular weight is 362 g/mol. The number of aryl methyl sites for hydroxylation is 1. The molecule has 2 nitrogen and oxygen atoms in total. The van der Waals surface area contributed by atoms with Crippen molar-refractivity contribution < 1.29 is 0 Å². The van der Waals surface area contributed by atoms with Gasteiger partial charge in [0.05, 0.1) is 5.69 Å². The fourth-order valence-electron chi connectivity index (χ4n) is 1.79. The van der Waals surface area contributed by atoms with Crippen molar-refractivity contribution in [1.29, 1.82) is 0 Å². The number of nitrogens with one attached hydrogen (secondary N) is 1.